The number of ether oxygens (including phenoxy) is 1. The molecule has 4 aromatic rings. The molecule has 2 heterocycles. The lowest BCUT2D eigenvalue weighted by molar-refractivity contribution is -0.384. The van der Waals surface area contributed by atoms with Crippen molar-refractivity contribution in [2.75, 3.05) is 29.9 Å². The van der Waals surface area contributed by atoms with Crippen molar-refractivity contribution in [1.82, 2.24) is 0 Å². The van der Waals surface area contributed by atoms with Crippen LogP contribution in [-0.2, 0) is 9.53 Å². The molecule has 0 atom stereocenters. The summed E-state index contributed by atoms with van der Waals surface area (Å²) >= 11 is 0. The number of benzene rings is 3. The van der Waals surface area contributed by atoms with E-state index in [4.69, 9.17) is 9.15 Å². The standard InChI is InChI=1S/C32H28N4O6/c1-21-14-16-35(17-15-21)26-13-12-24(18-27(26)36(39)40)32(38)41-20-28(37)34-31-25(19-33)29(22-8-4-2-5-9-22)30(42-31)23-10-6-3-7-11-23/h2-13,18,21H,14-17,20H2,1H3,(H,34,37). The third-order valence-electron chi connectivity index (χ3n) is 7.24. The number of nitrogens with zero attached hydrogens (tertiary/aromatic N) is 3. The number of furan rings is 1. The zero-order chi connectivity index (χ0) is 29.6. The van der Waals surface area contributed by atoms with Gasteiger partial charge in [-0.25, -0.2) is 4.79 Å². The van der Waals surface area contributed by atoms with Crippen LogP contribution < -0.4 is 10.2 Å². The van der Waals surface area contributed by atoms with Crippen molar-refractivity contribution in [3.8, 4) is 28.5 Å². The van der Waals surface area contributed by atoms with Crippen LogP contribution >= 0.6 is 0 Å². The molecule has 42 heavy (non-hydrogen) atoms. The van der Waals surface area contributed by atoms with E-state index in [9.17, 15) is 25.0 Å². The van der Waals surface area contributed by atoms with Gasteiger partial charge in [-0.1, -0.05) is 67.6 Å². The van der Waals surface area contributed by atoms with Crippen molar-refractivity contribution in [1.29, 1.82) is 5.26 Å². The lowest BCUT2D eigenvalue weighted by Gasteiger charge is -2.31. The zero-order valence-corrected chi connectivity index (χ0v) is 22.9. The summed E-state index contributed by atoms with van der Waals surface area (Å²) in [5.41, 5.74) is 2.30. The summed E-state index contributed by atoms with van der Waals surface area (Å²) in [7, 11) is 0. The molecule has 1 aromatic heterocycles. The first-order valence-electron chi connectivity index (χ1n) is 13.5. The summed E-state index contributed by atoms with van der Waals surface area (Å²) in [6, 6.07) is 24.7. The van der Waals surface area contributed by atoms with Crippen LogP contribution in [0.1, 0.15) is 35.7 Å². The third-order valence-corrected chi connectivity index (χ3v) is 7.24. The largest absolute Gasteiger partial charge is 0.452 e. The van der Waals surface area contributed by atoms with E-state index >= 15 is 0 Å². The number of nitro benzene ring substituents is 1. The van der Waals surface area contributed by atoms with E-state index in [1.807, 2.05) is 65.6 Å². The minimum atomic E-state index is -0.887. The minimum absolute atomic E-state index is 0.0444. The van der Waals surface area contributed by atoms with Gasteiger partial charge in [0.1, 0.15) is 23.1 Å². The van der Waals surface area contributed by atoms with Gasteiger partial charge in [0.2, 0.25) is 5.88 Å². The first-order chi connectivity index (χ1) is 20.4. The molecule has 10 nitrogen and oxygen atoms in total. The van der Waals surface area contributed by atoms with Crippen LogP contribution in [0.5, 0.6) is 0 Å². The van der Waals surface area contributed by atoms with Gasteiger partial charge >= 0.3 is 5.97 Å². The molecule has 0 unspecified atom stereocenters. The Balaban J connectivity index is 1.32. The van der Waals surface area contributed by atoms with Crippen molar-refractivity contribution < 1.29 is 23.7 Å². The maximum atomic E-state index is 12.8. The van der Waals surface area contributed by atoms with Crippen LogP contribution in [0.25, 0.3) is 22.5 Å². The SMILES string of the molecule is CC1CCN(c2ccc(C(=O)OCC(=O)Nc3oc(-c4ccccc4)c(-c4ccccc4)c3C#N)cc2[N+](=O)[O-])CC1. The molecule has 0 radical (unpaired) electrons. The molecule has 0 saturated carbocycles. The summed E-state index contributed by atoms with van der Waals surface area (Å²) in [5.74, 6) is -0.738. The molecule has 0 aliphatic carbocycles. The molecule has 10 heteroatoms. The molecule has 3 aromatic carbocycles. The highest BCUT2D eigenvalue weighted by Gasteiger charge is 2.27. The van der Waals surface area contributed by atoms with Crippen LogP contribution in [0.15, 0.2) is 83.3 Å². The van der Waals surface area contributed by atoms with E-state index in [0.29, 0.717) is 41.6 Å². The van der Waals surface area contributed by atoms with E-state index in [0.717, 1.165) is 18.4 Å². The van der Waals surface area contributed by atoms with E-state index in [2.05, 4.69) is 18.3 Å². The lowest BCUT2D eigenvalue weighted by Crippen LogP contribution is -2.33. The summed E-state index contributed by atoms with van der Waals surface area (Å²) in [6.45, 7) is 2.85. The number of esters is 1. The van der Waals surface area contributed by atoms with Gasteiger partial charge in [0.25, 0.3) is 11.6 Å². The molecule has 0 bridgehead atoms. The summed E-state index contributed by atoms with van der Waals surface area (Å²) < 4.78 is 11.1. The summed E-state index contributed by atoms with van der Waals surface area (Å²) in [6.07, 6.45) is 1.86. The first kappa shape index (κ1) is 28.1. The highest BCUT2D eigenvalue weighted by atomic mass is 16.6. The number of amides is 1. The molecule has 212 valence electrons. The number of carbonyl (C=O) groups is 2. The molecule has 1 amide bonds. The monoisotopic (exact) mass is 564 g/mol. The third kappa shape index (κ3) is 6.00. The van der Waals surface area contributed by atoms with Gasteiger partial charge in [0.15, 0.2) is 6.61 Å². The fourth-order valence-corrected chi connectivity index (χ4v) is 4.99. The van der Waals surface area contributed by atoms with E-state index in [1.165, 1.54) is 12.1 Å². The molecular weight excluding hydrogens is 536 g/mol. The topological polar surface area (TPSA) is 139 Å². The minimum Gasteiger partial charge on any atom is -0.452 e. The van der Waals surface area contributed by atoms with Gasteiger partial charge < -0.3 is 14.1 Å². The molecule has 1 saturated heterocycles. The van der Waals surface area contributed by atoms with Gasteiger partial charge in [-0.15, -0.1) is 0 Å². The summed E-state index contributed by atoms with van der Waals surface area (Å²) in [4.78, 5) is 38.8. The van der Waals surface area contributed by atoms with Gasteiger partial charge in [-0.05, 0) is 36.5 Å². The Bertz CT molecular complexity index is 1650. The average molecular weight is 565 g/mol. The normalized spacial score (nSPS) is 13.3. The predicted octanol–water partition coefficient (Wildman–Crippen LogP) is 6.43. The number of anilines is 2. The molecule has 1 aliphatic heterocycles. The van der Waals surface area contributed by atoms with Gasteiger partial charge in [-0.3, -0.25) is 20.2 Å². The van der Waals surface area contributed by atoms with Crippen LogP contribution in [0, 0.1) is 27.4 Å². The molecule has 1 fully saturated rings. The lowest BCUT2D eigenvalue weighted by atomic mass is 9.98. The van der Waals surface area contributed by atoms with Crippen LogP contribution in [0.4, 0.5) is 17.3 Å². The highest BCUT2D eigenvalue weighted by molar-refractivity contribution is 5.98. The smallest absolute Gasteiger partial charge is 0.338 e. The fraction of sp³-hybridized carbons (Fsp3) is 0.219. The predicted molar refractivity (Wildman–Crippen MR) is 157 cm³/mol. The molecule has 0 spiro atoms. The number of piperidine rings is 1. The second-order valence-corrected chi connectivity index (χ2v) is 10.1. The molecule has 1 aliphatic rings. The Morgan fingerprint density at radius 2 is 1.69 bits per heavy atom. The van der Waals surface area contributed by atoms with E-state index in [1.54, 1.807) is 6.07 Å². The number of carbonyl (C=O) groups excluding carboxylic acids is 2. The van der Waals surface area contributed by atoms with Gasteiger partial charge in [0.05, 0.1) is 10.5 Å². The van der Waals surface area contributed by atoms with Crippen molar-refractivity contribution in [2.45, 2.75) is 19.8 Å². The molecular formula is C32H28N4O6. The maximum absolute atomic E-state index is 12.8. The number of nitrogens with one attached hydrogen (secondary N) is 1. The average Bonchev–Trinajstić information content (AvgIpc) is 3.38. The van der Waals surface area contributed by atoms with Crippen molar-refractivity contribution in [3.05, 3.63) is 100 Å². The Kier molecular flexibility index (Phi) is 8.29. The number of hydrogen-bond donors (Lipinski definition) is 1. The maximum Gasteiger partial charge on any atom is 0.338 e. The quantitative estimate of drug-likeness (QED) is 0.147. The fourth-order valence-electron chi connectivity index (χ4n) is 4.99. The van der Waals surface area contributed by atoms with Crippen LogP contribution in [-0.4, -0.2) is 36.5 Å². The van der Waals surface area contributed by atoms with Crippen molar-refractivity contribution in [3.63, 3.8) is 0 Å². The molecule has 5 rings (SSSR count). The first-order valence-corrected chi connectivity index (χ1v) is 13.5. The Morgan fingerprint density at radius 1 is 1.05 bits per heavy atom. The Hall–Kier alpha value is -5.43. The van der Waals surface area contributed by atoms with Gasteiger partial charge in [0, 0.05) is 30.3 Å². The van der Waals surface area contributed by atoms with Crippen LogP contribution in [0.2, 0.25) is 0 Å². The van der Waals surface area contributed by atoms with Gasteiger partial charge in [-0.2, -0.15) is 5.26 Å². The van der Waals surface area contributed by atoms with Crippen molar-refractivity contribution in [2.24, 2.45) is 5.92 Å². The highest BCUT2D eigenvalue weighted by Crippen LogP contribution is 2.41. The van der Waals surface area contributed by atoms with Crippen molar-refractivity contribution >= 4 is 29.1 Å². The Labute approximate surface area is 242 Å². The van der Waals surface area contributed by atoms with E-state index in [-0.39, 0.29) is 22.7 Å². The summed E-state index contributed by atoms with van der Waals surface area (Å²) in [5, 5.41) is 24.3. The van der Waals surface area contributed by atoms with Crippen LogP contribution in [0.3, 0.4) is 0 Å². The number of rotatable bonds is 8. The van der Waals surface area contributed by atoms with E-state index < -0.39 is 23.4 Å². The number of hydrogen-bond acceptors (Lipinski definition) is 8. The second kappa shape index (κ2) is 12.4. The number of nitro groups is 1. The Morgan fingerprint density at radius 3 is 2.31 bits per heavy atom. The zero-order valence-electron chi connectivity index (χ0n) is 22.9. The number of nitriles is 1. The second-order valence-electron chi connectivity index (χ2n) is 10.1. The molecule has 1 N–H and O–H groups in total.